The van der Waals surface area contributed by atoms with E-state index >= 15 is 0 Å². The molecule has 1 saturated heterocycles. The van der Waals surface area contributed by atoms with Crippen LogP contribution < -0.4 is 10.6 Å². The number of nitrogens with two attached hydrogens (primary N) is 1. The second kappa shape index (κ2) is 11.5. The van der Waals surface area contributed by atoms with Crippen molar-refractivity contribution in [3.63, 3.8) is 0 Å². The van der Waals surface area contributed by atoms with E-state index in [0.29, 0.717) is 38.2 Å². The Morgan fingerprint density at radius 1 is 1.18 bits per heavy atom. The number of anilines is 1. The Hall–Kier alpha value is -3.55. The Morgan fingerprint density at radius 2 is 1.84 bits per heavy atom. The fourth-order valence-corrected chi connectivity index (χ4v) is 4.20. The molecule has 0 saturated carbocycles. The summed E-state index contributed by atoms with van der Waals surface area (Å²) in [5.41, 5.74) is 2.68. The summed E-state index contributed by atoms with van der Waals surface area (Å²) < 4.78 is 73.4. The first-order valence-corrected chi connectivity index (χ1v) is 11.8. The lowest BCUT2D eigenvalue weighted by Crippen LogP contribution is -2.49. The molecule has 0 bridgehead atoms. The van der Waals surface area contributed by atoms with E-state index in [0.717, 1.165) is 23.9 Å². The average molecular weight is 545 g/mol. The van der Waals surface area contributed by atoms with Crippen molar-refractivity contribution in [3.05, 3.63) is 46.9 Å². The van der Waals surface area contributed by atoms with Gasteiger partial charge < -0.3 is 30.2 Å². The number of pyridine rings is 1. The monoisotopic (exact) mass is 544 g/mol. The molecule has 208 valence electrons. The maximum absolute atomic E-state index is 13.4. The van der Waals surface area contributed by atoms with Crippen LogP contribution in [0, 0.1) is 5.41 Å². The van der Waals surface area contributed by atoms with Crippen molar-refractivity contribution in [3.8, 4) is 0 Å². The molecule has 0 radical (unpaired) electrons. The van der Waals surface area contributed by atoms with Gasteiger partial charge in [-0.25, -0.2) is 13.8 Å². The van der Waals surface area contributed by atoms with Gasteiger partial charge in [0.15, 0.2) is 0 Å². The van der Waals surface area contributed by atoms with Gasteiger partial charge >= 0.3 is 6.18 Å². The zero-order valence-corrected chi connectivity index (χ0v) is 20.9. The highest BCUT2D eigenvalue weighted by Gasteiger charge is 2.39. The second-order valence-corrected chi connectivity index (χ2v) is 9.05. The molecular formula is C24H29F5N6O3. The molecule has 1 unspecified atom stereocenters. The van der Waals surface area contributed by atoms with Gasteiger partial charge in [-0.05, 0) is 19.1 Å². The molecule has 1 aliphatic rings. The Kier molecular flexibility index (Phi) is 8.75. The topological polar surface area (TPSA) is 118 Å². The number of hydrogen-bond donors (Lipinski definition) is 2. The number of nitrogens with zero attached hydrogens (tertiary/aromatic N) is 4. The third-order valence-corrected chi connectivity index (χ3v) is 6.27. The average Bonchev–Trinajstić information content (AvgIpc) is 3.27. The van der Waals surface area contributed by atoms with E-state index in [1.54, 1.807) is 11.8 Å². The van der Waals surface area contributed by atoms with Crippen LogP contribution in [0.3, 0.4) is 0 Å². The first-order valence-electron chi connectivity index (χ1n) is 11.8. The first kappa shape index (κ1) is 29.0. The summed E-state index contributed by atoms with van der Waals surface area (Å²) in [6, 6.07) is 2.18. The molecule has 3 rings (SSSR count). The molecule has 2 aromatic rings. The molecule has 0 aromatic carbocycles. The highest BCUT2D eigenvalue weighted by molar-refractivity contribution is 6.02. The molecule has 0 aliphatic carbocycles. The summed E-state index contributed by atoms with van der Waals surface area (Å²) in [6.45, 7) is 4.08. The van der Waals surface area contributed by atoms with E-state index in [-0.39, 0.29) is 36.8 Å². The van der Waals surface area contributed by atoms with E-state index in [9.17, 15) is 31.5 Å². The van der Waals surface area contributed by atoms with Crippen LogP contribution in [0.15, 0.2) is 24.5 Å². The Labute approximate surface area is 215 Å². The fraction of sp³-hybridized carbons (Fsp3) is 0.500. The molecule has 14 heteroatoms. The number of nitrogens with one attached hydrogen (secondary N) is 1. The SMILES string of the molecule is CC(COCCC(=O)N1CCN(c2ccc(C(C)(F)F)cn2)CC1)n1cc(C(F)(F)F)c(C(N)=O)c1C=N. The number of carbonyl (C=O) groups is 2. The van der Waals surface area contributed by atoms with Crippen molar-refractivity contribution < 1.29 is 36.3 Å². The van der Waals surface area contributed by atoms with E-state index < -0.39 is 35.2 Å². The van der Waals surface area contributed by atoms with Crippen LogP contribution in [-0.4, -0.2) is 71.9 Å². The molecule has 3 heterocycles. The molecule has 2 amide bonds. The summed E-state index contributed by atoms with van der Waals surface area (Å²) in [7, 11) is 0. The van der Waals surface area contributed by atoms with Crippen LogP contribution in [0.4, 0.5) is 27.8 Å². The molecule has 0 spiro atoms. The molecule has 1 atom stereocenters. The van der Waals surface area contributed by atoms with Crippen molar-refractivity contribution in [1.29, 1.82) is 5.41 Å². The minimum absolute atomic E-state index is 0.0215. The van der Waals surface area contributed by atoms with Gasteiger partial charge in [-0.15, -0.1) is 0 Å². The molecule has 1 aliphatic heterocycles. The first-order chi connectivity index (χ1) is 17.7. The van der Waals surface area contributed by atoms with E-state index in [2.05, 4.69) is 4.98 Å². The lowest BCUT2D eigenvalue weighted by molar-refractivity contribution is -0.138. The normalized spacial score (nSPS) is 15.4. The van der Waals surface area contributed by atoms with Gasteiger partial charge in [0, 0.05) is 57.3 Å². The van der Waals surface area contributed by atoms with Gasteiger partial charge in [-0.1, -0.05) is 0 Å². The van der Waals surface area contributed by atoms with Crippen LogP contribution >= 0.6 is 0 Å². The van der Waals surface area contributed by atoms with Gasteiger partial charge in [-0.3, -0.25) is 9.59 Å². The number of rotatable bonds is 10. The van der Waals surface area contributed by atoms with Crippen molar-refractivity contribution >= 4 is 23.8 Å². The van der Waals surface area contributed by atoms with Gasteiger partial charge in [-0.2, -0.15) is 13.2 Å². The summed E-state index contributed by atoms with van der Waals surface area (Å²) in [5, 5.41) is 7.47. The molecule has 3 N–H and O–H groups in total. The molecule has 9 nitrogen and oxygen atoms in total. The van der Waals surface area contributed by atoms with Crippen LogP contribution in [0.5, 0.6) is 0 Å². The zero-order chi connectivity index (χ0) is 28.3. The number of primary amides is 1. The van der Waals surface area contributed by atoms with Gasteiger partial charge in [0.25, 0.3) is 11.8 Å². The quantitative estimate of drug-likeness (QED) is 0.270. The number of amides is 2. The lowest BCUT2D eigenvalue weighted by atomic mass is 10.1. The standard InChI is InChI=1S/C24H29F5N6O3/c1-15(35-13-17(24(27,28)29)21(22(31)37)18(35)11-30)14-38-10-5-20(36)34-8-6-33(7-9-34)19-4-3-16(12-32-19)23(2,25)26/h3-4,11-13,15,30H,5-10,14H2,1-2H3,(H2,31,37). The maximum atomic E-state index is 13.4. The van der Waals surface area contributed by atoms with Crippen molar-refractivity contribution in [2.24, 2.45) is 5.73 Å². The highest BCUT2D eigenvalue weighted by Crippen LogP contribution is 2.35. The largest absolute Gasteiger partial charge is 0.418 e. The number of carbonyl (C=O) groups excluding carboxylic acids is 2. The maximum Gasteiger partial charge on any atom is 0.418 e. The van der Waals surface area contributed by atoms with Crippen LogP contribution in [0.1, 0.15) is 53.5 Å². The summed E-state index contributed by atoms with van der Waals surface area (Å²) in [5.74, 6) is -3.88. The predicted octanol–water partition coefficient (Wildman–Crippen LogP) is 3.43. The second-order valence-electron chi connectivity index (χ2n) is 9.05. The smallest absolute Gasteiger partial charge is 0.379 e. The number of aromatic nitrogens is 2. The number of ether oxygens (including phenoxy) is 1. The predicted molar refractivity (Wildman–Crippen MR) is 129 cm³/mol. The third-order valence-electron chi connectivity index (χ3n) is 6.27. The number of halogens is 5. The summed E-state index contributed by atoms with van der Waals surface area (Å²) in [6.07, 6.45) is -2.27. The molecule has 38 heavy (non-hydrogen) atoms. The number of hydrogen-bond acceptors (Lipinski definition) is 6. The molecule has 2 aromatic heterocycles. The van der Waals surface area contributed by atoms with Crippen LogP contribution in [0.2, 0.25) is 0 Å². The number of alkyl halides is 5. The molecular weight excluding hydrogens is 515 g/mol. The van der Waals surface area contributed by atoms with Crippen LogP contribution in [-0.2, 0) is 21.6 Å². The summed E-state index contributed by atoms with van der Waals surface area (Å²) in [4.78, 5) is 31.8. The molecule has 1 fully saturated rings. The fourth-order valence-electron chi connectivity index (χ4n) is 4.20. The Balaban J connectivity index is 1.49. The highest BCUT2D eigenvalue weighted by atomic mass is 19.4. The Bertz CT molecular complexity index is 1150. The third kappa shape index (κ3) is 6.65. The zero-order valence-electron chi connectivity index (χ0n) is 20.9. The van der Waals surface area contributed by atoms with Crippen molar-refractivity contribution in [2.45, 2.75) is 38.4 Å². The van der Waals surface area contributed by atoms with E-state index in [4.69, 9.17) is 15.9 Å². The van der Waals surface area contributed by atoms with Gasteiger partial charge in [0.2, 0.25) is 5.91 Å². The van der Waals surface area contributed by atoms with Gasteiger partial charge in [0.05, 0.1) is 42.5 Å². The lowest BCUT2D eigenvalue weighted by Gasteiger charge is -2.35. The minimum Gasteiger partial charge on any atom is -0.379 e. The van der Waals surface area contributed by atoms with Gasteiger partial charge in [0.1, 0.15) is 5.82 Å². The number of piperazine rings is 1. The van der Waals surface area contributed by atoms with Crippen molar-refractivity contribution in [2.75, 3.05) is 44.3 Å². The Morgan fingerprint density at radius 3 is 2.34 bits per heavy atom. The van der Waals surface area contributed by atoms with Crippen LogP contribution in [0.25, 0.3) is 0 Å². The minimum atomic E-state index is -4.83. The summed E-state index contributed by atoms with van der Waals surface area (Å²) >= 11 is 0. The van der Waals surface area contributed by atoms with Crippen molar-refractivity contribution in [1.82, 2.24) is 14.5 Å². The van der Waals surface area contributed by atoms with E-state index in [1.165, 1.54) is 12.1 Å². The van der Waals surface area contributed by atoms with E-state index in [1.807, 2.05) is 4.90 Å².